The van der Waals surface area contributed by atoms with Crippen molar-refractivity contribution in [1.82, 2.24) is 4.90 Å². The predicted molar refractivity (Wildman–Crippen MR) is 79.7 cm³/mol. The Balaban J connectivity index is 1.82. The summed E-state index contributed by atoms with van der Waals surface area (Å²) in [5.74, 6) is 0.627. The molecule has 5 nitrogen and oxygen atoms in total. The summed E-state index contributed by atoms with van der Waals surface area (Å²) in [5.41, 5.74) is 0.525. The van der Waals surface area contributed by atoms with E-state index in [2.05, 4.69) is 10.2 Å². The molecule has 1 N–H and O–H groups in total. The second kappa shape index (κ2) is 5.39. The van der Waals surface area contributed by atoms with Gasteiger partial charge in [-0.25, -0.2) is 0 Å². The monoisotopic (exact) mass is 315 g/mol. The van der Waals surface area contributed by atoms with Crippen LogP contribution in [0.25, 0.3) is 0 Å². The van der Waals surface area contributed by atoms with Crippen LogP contribution in [0.15, 0.2) is 12.1 Å². The summed E-state index contributed by atoms with van der Waals surface area (Å²) in [6.45, 7) is 3.30. The van der Waals surface area contributed by atoms with Crippen LogP contribution in [-0.4, -0.2) is 35.5 Å². The van der Waals surface area contributed by atoms with Crippen molar-refractivity contribution in [3.8, 4) is 0 Å². The van der Waals surface area contributed by atoms with Gasteiger partial charge in [0.05, 0.1) is 20.7 Å². The van der Waals surface area contributed by atoms with Gasteiger partial charge in [0.15, 0.2) is 0 Å². The summed E-state index contributed by atoms with van der Waals surface area (Å²) in [7, 11) is 0. The molecule has 108 valence electrons. The molecule has 2 bridgehead atoms. The molecular formula is C13H15Cl2N3O2. The number of nitro groups is 1. The molecule has 0 spiro atoms. The number of non-ortho nitro benzene ring substituents is 1. The SMILES string of the molecule is O=[N+]([O-])c1cc(Cl)c(NC2CN3CCC2CC3)c(Cl)c1. The standard InChI is InChI=1S/C13H15Cl2N3O2/c14-10-5-9(18(19)20)6-11(15)13(10)16-12-7-17-3-1-8(12)2-4-17/h5-6,8,12,16H,1-4,7H2. The highest BCUT2D eigenvalue weighted by Gasteiger charge is 2.34. The number of nitro benzene ring substituents is 1. The first kappa shape index (κ1) is 13.9. The minimum Gasteiger partial charge on any atom is -0.378 e. The zero-order chi connectivity index (χ0) is 14.3. The van der Waals surface area contributed by atoms with Crippen LogP contribution in [0.3, 0.4) is 0 Å². The highest BCUT2D eigenvalue weighted by molar-refractivity contribution is 6.39. The van der Waals surface area contributed by atoms with E-state index in [4.69, 9.17) is 23.2 Å². The molecule has 4 rings (SSSR count). The Labute approximate surface area is 127 Å². The number of rotatable bonds is 3. The molecule has 1 unspecified atom stereocenters. The van der Waals surface area contributed by atoms with Gasteiger partial charge >= 0.3 is 0 Å². The Hall–Kier alpha value is -1.04. The molecule has 3 aliphatic rings. The van der Waals surface area contributed by atoms with Crippen molar-refractivity contribution in [3.63, 3.8) is 0 Å². The molecule has 1 atom stereocenters. The van der Waals surface area contributed by atoms with E-state index in [0.29, 0.717) is 27.7 Å². The third kappa shape index (κ3) is 2.57. The number of piperidine rings is 3. The summed E-state index contributed by atoms with van der Waals surface area (Å²) >= 11 is 12.3. The molecule has 1 aromatic rings. The van der Waals surface area contributed by atoms with Gasteiger partial charge in [0, 0.05) is 24.7 Å². The first-order chi connectivity index (χ1) is 9.54. The lowest BCUT2D eigenvalue weighted by atomic mass is 9.84. The number of halogens is 2. The molecule has 0 amide bonds. The van der Waals surface area contributed by atoms with Crippen molar-refractivity contribution in [2.24, 2.45) is 5.92 Å². The van der Waals surface area contributed by atoms with Crippen LogP contribution in [0.2, 0.25) is 10.0 Å². The molecule has 7 heteroatoms. The predicted octanol–water partition coefficient (Wildman–Crippen LogP) is 3.41. The molecule has 3 heterocycles. The largest absolute Gasteiger partial charge is 0.378 e. The van der Waals surface area contributed by atoms with E-state index in [1.54, 1.807) is 0 Å². The molecule has 0 aliphatic carbocycles. The lowest BCUT2D eigenvalue weighted by molar-refractivity contribution is -0.384. The van der Waals surface area contributed by atoms with Crippen LogP contribution in [0.5, 0.6) is 0 Å². The molecule has 0 radical (unpaired) electrons. The smallest absolute Gasteiger partial charge is 0.272 e. The molecule has 3 fully saturated rings. The van der Waals surface area contributed by atoms with E-state index in [1.165, 1.54) is 25.0 Å². The topological polar surface area (TPSA) is 58.4 Å². The van der Waals surface area contributed by atoms with Crippen molar-refractivity contribution < 1.29 is 4.92 Å². The summed E-state index contributed by atoms with van der Waals surface area (Å²) < 4.78 is 0. The fourth-order valence-corrected chi connectivity index (χ4v) is 3.70. The maximum atomic E-state index is 10.8. The van der Waals surface area contributed by atoms with Crippen molar-refractivity contribution in [2.75, 3.05) is 25.0 Å². The molecule has 20 heavy (non-hydrogen) atoms. The first-order valence-electron chi connectivity index (χ1n) is 6.67. The number of benzene rings is 1. The summed E-state index contributed by atoms with van der Waals surface area (Å²) in [4.78, 5) is 12.7. The summed E-state index contributed by atoms with van der Waals surface area (Å²) in [6, 6.07) is 3.00. The maximum absolute atomic E-state index is 10.8. The van der Waals surface area contributed by atoms with Gasteiger partial charge in [0.2, 0.25) is 0 Å². The zero-order valence-electron chi connectivity index (χ0n) is 10.8. The van der Waals surface area contributed by atoms with Gasteiger partial charge in [-0.05, 0) is 31.8 Å². The minimum atomic E-state index is -0.490. The number of hydrogen-bond donors (Lipinski definition) is 1. The average molecular weight is 316 g/mol. The Morgan fingerprint density at radius 3 is 2.30 bits per heavy atom. The quantitative estimate of drug-likeness (QED) is 0.686. The van der Waals surface area contributed by atoms with Gasteiger partial charge < -0.3 is 10.2 Å². The van der Waals surface area contributed by atoms with Gasteiger partial charge in [-0.1, -0.05) is 23.2 Å². The van der Waals surface area contributed by atoms with Gasteiger partial charge in [-0.2, -0.15) is 0 Å². The normalized spacial score (nSPS) is 28.4. The van der Waals surface area contributed by atoms with Crippen LogP contribution in [-0.2, 0) is 0 Å². The summed E-state index contributed by atoms with van der Waals surface area (Å²) in [5, 5.41) is 14.8. The second-order valence-electron chi connectivity index (χ2n) is 5.43. The van der Waals surface area contributed by atoms with Crippen molar-refractivity contribution >= 4 is 34.6 Å². The number of hydrogen-bond acceptors (Lipinski definition) is 4. The van der Waals surface area contributed by atoms with E-state index in [9.17, 15) is 10.1 Å². The highest BCUT2D eigenvalue weighted by atomic mass is 35.5. The molecule has 1 aromatic carbocycles. The average Bonchev–Trinajstić information content (AvgIpc) is 2.44. The van der Waals surface area contributed by atoms with Gasteiger partial charge in [0.1, 0.15) is 0 Å². The van der Waals surface area contributed by atoms with Gasteiger partial charge in [-0.15, -0.1) is 0 Å². The zero-order valence-corrected chi connectivity index (χ0v) is 12.3. The number of nitrogens with zero attached hydrogens (tertiary/aromatic N) is 2. The number of nitrogens with one attached hydrogen (secondary N) is 1. The van der Waals surface area contributed by atoms with E-state index in [-0.39, 0.29) is 5.69 Å². The second-order valence-corrected chi connectivity index (χ2v) is 6.24. The Morgan fingerprint density at radius 2 is 1.85 bits per heavy atom. The van der Waals surface area contributed by atoms with Crippen molar-refractivity contribution in [3.05, 3.63) is 32.3 Å². The Kier molecular flexibility index (Phi) is 3.75. The van der Waals surface area contributed by atoms with Crippen LogP contribution >= 0.6 is 23.2 Å². The first-order valence-corrected chi connectivity index (χ1v) is 7.42. The highest BCUT2D eigenvalue weighted by Crippen LogP contribution is 2.37. The van der Waals surface area contributed by atoms with Crippen LogP contribution in [0.4, 0.5) is 11.4 Å². The fraction of sp³-hybridized carbons (Fsp3) is 0.538. The van der Waals surface area contributed by atoms with E-state index in [1.807, 2.05) is 0 Å². The summed E-state index contributed by atoms with van der Waals surface area (Å²) in [6.07, 6.45) is 2.36. The maximum Gasteiger partial charge on any atom is 0.272 e. The number of anilines is 1. The van der Waals surface area contributed by atoms with E-state index < -0.39 is 4.92 Å². The Morgan fingerprint density at radius 1 is 1.25 bits per heavy atom. The lowest BCUT2D eigenvalue weighted by Gasteiger charge is -2.45. The van der Waals surface area contributed by atoms with Gasteiger partial charge in [-0.3, -0.25) is 10.1 Å². The molecule has 0 saturated carbocycles. The lowest BCUT2D eigenvalue weighted by Crippen LogP contribution is -2.53. The fourth-order valence-electron chi connectivity index (χ4n) is 3.12. The van der Waals surface area contributed by atoms with Crippen molar-refractivity contribution in [2.45, 2.75) is 18.9 Å². The minimum absolute atomic E-state index is 0.0838. The van der Waals surface area contributed by atoms with Crippen LogP contribution in [0.1, 0.15) is 12.8 Å². The van der Waals surface area contributed by atoms with Crippen LogP contribution in [0, 0.1) is 16.0 Å². The number of fused-ring (bicyclic) bond motifs is 3. The van der Waals surface area contributed by atoms with Crippen molar-refractivity contribution in [1.29, 1.82) is 0 Å². The Bertz CT molecular complexity index is 521. The third-order valence-corrected chi connectivity index (χ3v) is 4.82. The van der Waals surface area contributed by atoms with E-state index in [0.717, 1.165) is 19.6 Å². The molecule has 3 aliphatic heterocycles. The van der Waals surface area contributed by atoms with Gasteiger partial charge in [0.25, 0.3) is 5.69 Å². The molecular weight excluding hydrogens is 301 g/mol. The van der Waals surface area contributed by atoms with E-state index >= 15 is 0 Å². The third-order valence-electron chi connectivity index (χ3n) is 4.22. The molecule has 0 aromatic heterocycles. The molecule has 3 saturated heterocycles. The van der Waals surface area contributed by atoms with Crippen LogP contribution < -0.4 is 5.32 Å².